The molecule has 2 aliphatic heterocycles. The molecule has 7 nitrogen and oxygen atoms in total. The molecule has 0 spiro atoms. The van der Waals surface area contributed by atoms with E-state index in [0.717, 1.165) is 11.9 Å². The summed E-state index contributed by atoms with van der Waals surface area (Å²) in [7, 11) is 0. The summed E-state index contributed by atoms with van der Waals surface area (Å²) in [6.07, 6.45) is 0.388. The van der Waals surface area contributed by atoms with Crippen molar-refractivity contribution in [2.45, 2.75) is 45.4 Å². The van der Waals surface area contributed by atoms with Crippen LogP contribution in [0, 0.1) is 0 Å². The lowest BCUT2D eigenvalue weighted by Gasteiger charge is -2.34. The van der Waals surface area contributed by atoms with Gasteiger partial charge < -0.3 is 9.80 Å². The van der Waals surface area contributed by atoms with E-state index in [-0.39, 0.29) is 41.5 Å². The van der Waals surface area contributed by atoms with Gasteiger partial charge >= 0.3 is 0 Å². The largest absolute Gasteiger partial charge is 0.331 e. The standard InChI is InChI=1S/C24H21Cl2F2N5O2/c1-13-8-20-17(12-32(13)23(34)14-2-3-18(25)19(26)9-14)21-24(35)31(6-7-33(21)30-20)11-15-4-5-29-10-16(15)22(27)28/h2-5,9-10,13,22H,6-8,11-12H2,1H3/t13-/m1/s1. The second-order valence-corrected chi connectivity index (χ2v) is 9.53. The molecule has 0 bridgehead atoms. The Kier molecular flexibility index (Phi) is 6.23. The lowest BCUT2D eigenvalue weighted by atomic mass is 9.97. The van der Waals surface area contributed by atoms with Crippen molar-refractivity contribution in [1.29, 1.82) is 0 Å². The molecule has 0 unspecified atom stereocenters. The van der Waals surface area contributed by atoms with E-state index in [9.17, 15) is 18.4 Å². The van der Waals surface area contributed by atoms with Crippen LogP contribution >= 0.6 is 23.2 Å². The Morgan fingerprint density at radius 3 is 2.74 bits per heavy atom. The Morgan fingerprint density at radius 1 is 1.20 bits per heavy atom. The molecule has 0 radical (unpaired) electrons. The highest BCUT2D eigenvalue weighted by Crippen LogP contribution is 2.32. The normalized spacial score (nSPS) is 17.5. The van der Waals surface area contributed by atoms with E-state index in [4.69, 9.17) is 23.2 Å². The third-order valence-corrected chi connectivity index (χ3v) is 7.26. The van der Waals surface area contributed by atoms with Gasteiger partial charge in [0, 0.05) is 54.6 Å². The summed E-state index contributed by atoms with van der Waals surface area (Å²) >= 11 is 12.1. The van der Waals surface area contributed by atoms with Gasteiger partial charge in [-0.3, -0.25) is 19.3 Å². The van der Waals surface area contributed by atoms with E-state index in [1.165, 1.54) is 18.3 Å². The lowest BCUT2D eigenvalue weighted by molar-refractivity contribution is 0.0636. The van der Waals surface area contributed by atoms with Crippen molar-refractivity contribution in [2.24, 2.45) is 0 Å². The van der Waals surface area contributed by atoms with Crippen LogP contribution in [-0.2, 0) is 26.1 Å². The highest BCUT2D eigenvalue weighted by molar-refractivity contribution is 6.42. The molecule has 11 heteroatoms. The highest BCUT2D eigenvalue weighted by Gasteiger charge is 2.37. The fraction of sp³-hybridized carbons (Fsp3) is 0.333. The number of hydrogen-bond donors (Lipinski definition) is 0. The number of alkyl halides is 2. The summed E-state index contributed by atoms with van der Waals surface area (Å²) in [6.45, 7) is 2.97. The highest BCUT2D eigenvalue weighted by atomic mass is 35.5. The van der Waals surface area contributed by atoms with Gasteiger partial charge in [0.2, 0.25) is 0 Å². The first-order valence-electron chi connectivity index (χ1n) is 11.1. The second-order valence-electron chi connectivity index (χ2n) is 8.71. The smallest absolute Gasteiger partial charge is 0.272 e. The summed E-state index contributed by atoms with van der Waals surface area (Å²) in [4.78, 5) is 33.8. The number of halogens is 4. The fourth-order valence-electron chi connectivity index (χ4n) is 4.66. The number of rotatable bonds is 4. The number of hydrogen-bond acceptors (Lipinski definition) is 4. The van der Waals surface area contributed by atoms with E-state index >= 15 is 0 Å². The molecule has 0 saturated carbocycles. The maximum Gasteiger partial charge on any atom is 0.272 e. The zero-order valence-electron chi connectivity index (χ0n) is 18.7. The van der Waals surface area contributed by atoms with Gasteiger partial charge in [-0.25, -0.2) is 8.78 Å². The van der Waals surface area contributed by atoms with Crippen molar-refractivity contribution in [3.8, 4) is 0 Å². The lowest BCUT2D eigenvalue weighted by Crippen LogP contribution is -2.44. The van der Waals surface area contributed by atoms with Crippen LogP contribution in [0.3, 0.4) is 0 Å². The Labute approximate surface area is 210 Å². The minimum Gasteiger partial charge on any atom is -0.331 e. The second kappa shape index (κ2) is 9.20. The zero-order valence-corrected chi connectivity index (χ0v) is 20.2. The molecule has 2 aromatic heterocycles. The quantitative estimate of drug-likeness (QED) is 0.497. The minimum absolute atomic E-state index is 0.0449. The van der Waals surface area contributed by atoms with Gasteiger partial charge in [-0.05, 0) is 36.8 Å². The fourth-order valence-corrected chi connectivity index (χ4v) is 4.96. The molecule has 35 heavy (non-hydrogen) atoms. The topological polar surface area (TPSA) is 71.3 Å². The van der Waals surface area contributed by atoms with Gasteiger partial charge in [-0.2, -0.15) is 5.10 Å². The SMILES string of the molecule is C[C@@H]1Cc2nn3c(c2CN1C(=O)c1ccc(Cl)c(Cl)c1)C(=O)N(Cc1ccncc1C(F)F)CC3. The molecule has 2 amide bonds. The van der Waals surface area contributed by atoms with E-state index in [0.29, 0.717) is 46.9 Å². The van der Waals surface area contributed by atoms with Crippen LogP contribution < -0.4 is 0 Å². The summed E-state index contributed by atoms with van der Waals surface area (Å²) in [5.41, 5.74) is 2.44. The predicted octanol–water partition coefficient (Wildman–Crippen LogP) is 4.77. The van der Waals surface area contributed by atoms with Crippen molar-refractivity contribution >= 4 is 35.0 Å². The van der Waals surface area contributed by atoms with Crippen molar-refractivity contribution in [1.82, 2.24) is 24.6 Å². The summed E-state index contributed by atoms with van der Waals surface area (Å²) < 4.78 is 28.5. The van der Waals surface area contributed by atoms with Gasteiger partial charge in [-0.15, -0.1) is 0 Å². The molecule has 0 fully saturated rings. The van der Waals surface area contributed by atoms with Crippen molar-refractivity contribution in [2.75, 3.05) is 6.54 Å². The van der Waals surface area contributed by atoms with Gasteiger partial charge in [-0.1, -0.05) is 23.2 Å². The molecule has 1 aromatic carbocycles. The molecule has 0 aliphatic carbocycles. The van der Waals surface area contributed by atoms with Crippen molar-refractivity contribution in [3.63, 3.8) is 0 Å². The number of pyridine rings is 1. The molecule has 182 valence electrons. The monoisotopic (exact) mass is 519 g/mol. The molecular formula is C24H21Cl2F2N5O2. The first-order chi connectivity index (χ1) is 16.7. The van der Waals surface area contributed by atoms with Gasteiger partial charge in [0.25, 0.3) is 18.2 Å². The predicted molar refractivity (Wildman–Crippen MR) is 126 cm³/mol. The van der Waals surface area contributed by atoms with Crippen LogP contribution in [0.1, 0.15) is 56.6 Å². The van der Waals surface area contributed by atoms with Crippen LogP contribution in [0.4, 0.5) is 8.78 Å². The van der Waals surface area contributed by atoms with E-state index in [1.807, 2.05) is 6.92 Å². The van der Waals surface area contributed by atoms with Gasteiger partial charge in [0.1, 0.15) is 5.69 Å². The van der Waals surface area contributed by atoms with Crippen LogP contribution in [-0.4, -0.2) is 49.0 Å². The van der Waals surface area contributed by atoms with Crippen LogP contribution in [0.15, 0.2) is 36.7 Å². The van der Waals surface area contributed by atoms with Gasteiger partial charge in [0.15, 0.2) is 0 Å². The molecule has 2 aliphatic rings. The van der Waals surface area contributed by atoms with Gasteiger partial charge in [0.05, 0.1) is 28.8 Å². The average Bonchev–Trinajstić information content (AvgIpc) is 3.19. The Balaban J connectivity index is 1.43. The molecule has 0 N–H and O–H groups in total. The molecule has 3 aromatic rings. The number of benzene rings is 1. The number of amides is 2. The Morgan fingerprint density at radius 2 is 2.00 bits per heavy atom. The third kappa shape index (κ3) is 4.27. The van der Waals surface area contributed by atoms with E-state index < -0.39 is 6.43 Å². The first-order valence-corrected chi connectivity index (χ1v) is 11.8. The van der Waals surface area contributed by atoms with E-state index in [2.05, 4.69) is 10.1 Å². The Hall–Kier alpha value is -3.04. The van der Waals surface area contributed by atoms with Crippen LogP contribution in [0.25, 0.3) is 0 Å². The number of carbonyl (C=O) groups is 2. The summed E-state index contributed by atoms with van der Waals surface area (Å²) in [5, 5.41) is 5.28. The molecule has 4 heterocycles. The maximum atomic E-state index is 13.5. The third-order valence-electron chi connectivity index (χ3n) is 6.52. The van der Waals surface area contributed by atoms with E-state index in [1.54, 1.807) is 26.6 Å². The first kappa shape index (κ1) is 23.7. The minimum atomic E-state index is -2.68. The number of fused-ring (bicyclic) bond motifs is 3. The molecule has 0 saturated heterocycles. The molecular weight excluding hydrogens is 499 g/mol. The van der Waals surface area contributed by atoms with Crippen molar-refractivity contribution in [3.05, 3.63) is 80.3 Å². The molecule has 1 atom stereocenters. The number of nitrogens with zero attached hydrogens (tertiary/aromatic N) is 5. The number of carbonyl (C=O) groups excluding carboxylic acids is 2. The van der Waals surface area contributed by atoms with Crippen molar-refractivity contribution < 1.29 is 18.4 Å². The molecule has 5 rings (SSSR count). The van der Waals surface area contributed by atoms with Crippen LogP contribution in [0.2, 0.25) is 10.0 Å². The summed E-state index contributed by atoms with van der Waals surface area (Å²) in [5.74, 6) is -0.515. The summed E-state index contributed by atoms with van der Waals surface area (Å²) in [6, 6.07) is 6.10. The average molecular weight is 520 g/mol. The zero-order chi connectivity index (χ0) is 24.9. The Bertz CT molecular complexity index is 1330. The van der Waals surface area contributed by atoms with Crippen LogP contribution in [0.5, 0.6) is 0 Å². The number of aromatic nitrogens is 3. The maximum absolute atomic E-state index is 13.5.